The minimum Gasteiger partial charge on any atom is -0.381 e. The molecule has 0 amide bonds. The smallest absolute Gasteiger partial charge is 0.0578 e. The molecule has 1 atom stereocenters. The van der Waals surface area contributed by atoms with E-state index in [4.69, 9.17) is 0 Å². The molecule has 0 saturated carbocycles. The van der Waals surface area contributed by atoms with E-state index in [-0.39, 0.29) is 0 Å². The second-order valence-electron chi connectivity index (χ2n) is 4.26. The largest absolute Gasteiger partial charge is 0.381 e. The van der Waals surface area contributed by atoms with Gasteiger partial charge in [0.2, 0.25) is 0 Å². The van der Waals surface area contributed by atoms with E-state index in [1.54, 1.807) is 0 Å². The van der Waals surface area contributed by atoms with E-state index < -0.39 is 0 Å². The Balaban J connectivity index is 1.88. The highest BCUT2D eigenvalue weighted by atomic mass is 15.1. The Hall–Kier alpha value is -1.18. The summed E-state index contributed by atoms with van der Waals surface area (Å²) in [5, 5.41) is 7.07. The lowest BCUT2D eigenvalue weighted by Crippen LogP contribution is -2.32. The number of fused-ring (bicyclic) bond motifs is 1. The minimum absolute atomic E-state index is 0.603. The molecular weight excluding hydrogens is 184 g/mol. The summed E-state index contributed by atoms with van der Waals surface area (Å²) >= 11 is 0. The lowest BCUT2D eigenvalue weighted by molar-refractivity contribution is 0.596. The number of anilines is 2. The summed E-state index contributed by atoms with van der Waals surface area (Å²) in [6.07, 6.45) is 5.25. The fourth-order valence-electron chi connectivity index (χ4n) is 2.08. The molecule has 0 fully saturated rings. The summed E-state index contributed by atoms with van der Waals surface area (Å²) in [6.45, 7) is 3.31. The van der Waals surface area contributed by atoms with Crippen molar-refractivity contribution < 1.29 is 0 Å². The molecule has 15 heavy (non-hydrogen) atoms. The van der Waals surface area contributed by atoms with Gasteiger partial charge in [-0.3, -0.25) is 0 Å². The average Bonchev–Trinajstić information content (AvgIpc) is 2.29. The van der Waals surface area contributed by atoms with E-state index in [2.05, 4.69) is 41.8 Å². The van der Waals surface area contributed by atoms with Crippen molar-refractivity contribution in [3.05, 3.63) is 24.3 Å². The molecule has 1 aromatic carbocycles. The molecular formula is C13H20N2. The van der Waals surface area contributed by atoms with Crippen molar-refractivity contribution in [3.8, 4) is 0 Å². The molecule has 1 aromatic rings. The van der Waals surface area contributed by atoms with Gasteiger partial charge in [-0.15, -0.1) is 0 Å². The topological polar surface area (TPSA) is 24.1 Å². The Morgan fingerprint density at radius 1 is 1.20 bits per heavy atom. The van der Waals surface area contributed by atoms with Crippen LogP contribution >= 0.6 is 0 Å². The molecule has 1 aliphatic rings. The van der Waals surface area contributed by atoms with Crippen molar-refractivity contribution in [2.45, 2.75) is 38.6 Å². The predicted octanol–water partition coefficient (Wildman–Crippen LogP) is 3.47. The van der Waals surface area contributed by atoms with Crippen molar-refractivity contribution in [1.29, 1.82) is 0 Å². The molecule has 2 heteroatoms. The Kier molecular flexibility index (Phi) is 3.49. The van der Waals surface area contributed by atoms with Crippen LogP contribution in [0.1, 0.15) is 32.6 Å². The van der Waals surface area contributed by atoms with Crippen LogP contribution in [0.3, 0.4) is 0 Å². The predicted molar refractivity (Wildman–Crippen MR) is 66.5 cm³/mol. The fraction of sp³-hybridized carbons (Fsp3) is 0.538. The number of hydrogen-bond donors (Lipinski definition) is 2. The van der Waals surface area contributed by atoms with Gasteiger partial charge in [0.25, 0.3) is 0 Å². The van der Waals surface area contributed by atoms with E-state index in [0.29, 0.717) is 6.04 Å². The molecule has 0 spiro atoms. The van der Waals surface area contributed by atoms with Crippen molar-refractivity contribution in [1.82, 2.24) is 0 Å². The van der Waals surface area contributed by atoms with Crippen molar-refractivity contribution >= 4 is 11.4 Å². The van der Waals surface area contributed by atoms with Gasteiger partial charge in [-0.25, -0.2) is 0 Å². The molecule has 2 rings (SSSR count). The van der Waals surface area contributed by atoms with Gasteiger partial charge in [0, 0.05) is 12.6 Å². The molecule has 2 nitrogen and oxygen atoms in total. The van der Waals surface area contributed by atoms with Crippen LogP contribution in [-0.4, -0.2) is 12.6 Å². The molecule has 0 bridgehead atoms. The molecule has 2 N–H and O–H groups in total. The first-order chi connectivity index (χ1) is 7.40. The van der Waals surface area contributed by atoms with Crippen LogP contribution in [0, 0.1) is 0 Å². The van der Waals surface area contributed by atoms with E-state index in [0.717, 1.165) is 6.54 Å². The summed E-state index contributed by atoms with van der Waals surface area (Å²) in [5.74, 6) is 0. The third-order valence-corrected chi connectivity index (χ3v) is 2.98. The van der Waals surface area contributed by atoms with Gasteiger partial charge in [0.1, 0.15) is 0 Å². The Morgan fingerprint density at radius 2 is 2.00 bits per heavy atom. The first-order valence-corrected chi connectivity index (χ1v) is 5.99. The Labute approximate surface area is 92.1 Å². The highest BCUT2D eigenvalue weighted by molar-refractivity contribution is 5.70. The van der Waals surface area contributed by atoms with Crippen LogP contribution in [0.2, 0.25) is 0 Å². The van der Waals surface area contributed by atoms with Gasteiger partial charge in [0.05, 0.1) is 11.4 Å². The SMILES string of the molecule is CCCCC[C@H]1CNc2ccccc2N1. The number of nitrogens with one attached hydrogen (secondary N) is 2. The number of unbranched alkanes of at least 4 members (excludes halogenated alkanes) is 2. The second-order valence-corrected chi connectivity index (χ2v) is 4.26. The maximum absolute atomic E-state index is 3.59. The maximum atomic E-state index is 3.59. The number of hydrogen-bond acceptors (Lipinski definition) is 2. The van der Waals surface area contributed by atoms with Gasteiger partial charge >= 0.3 is 0 Å². The quantitative estimate of drug-likeness (QED) is 0.734. The molecule has 0 unspecified atom stereocenters. The lowest BCUT2D eigenvalue weighted by atomic mass is 10.1. The summed E-state index contributed by atoms with van der Waals surface area (Å²) in [7, 11) is 0. The molecule has 1 aliphatic heterocycles. The van der Waals surface area contributed by atoms with E-state index in [1.807, 2.05) is 0 Å². The zero-order valence-corrected chi connectivity index (χ0v) is 9.42. The van der Waals surface area contributed by atoms with E-state index >= 15 is 0 Å². The number of para-hydroxylation sites is 2. The van der Waals surface area contributed by atoms with Crippen LogP contribution in [0.4, 0.5) is 11.4 Å². The standard InChI is InChI=1S/C13H20N2/c1-2-3-4-7-11-10-14-12-8-5-6-9-13(12)15-11/h5-6,8-9,11,14-15H,2-4,7,10H2,1H3/t11-/m0/s1. The highest BCUT2D eigenvalue weighted by Crippen LogP contribution is 2.26. The summed E-state index contributed by atoms with van der Waals surface area (Å²) in [6, 6.07) is 9.04. The first-order valence-electron chi connectivity index (χ1n) is 5.99. The van der Waals surface area contributed by atoms with Gasteiger partial charge < -0.3 is 10.6 Å². The molecule has 1 heterocycles. The van der Waals surface area contributed by atoms with Gasteiger partial charge in [-0.1, -0.05) is 38.3 Å². The highest BCUT2D eigenvalue weighted by Gasteiger charge is 2.15. The number of benzene rings is 1. The summed E-state index contributed by atoms with van der Waals surface area (Å²) in [5.41, 5.74) is 2.49. The molecule has 0 saturated heterocycles. The maximum Gasteiger partial charge on any atom is 0.0578 e. The van der Waals surface area contributed by atoms with Crippen molar-refractivity contribution in [3.63, 3.8) is 0 Å². The number of rotatable bonds is 4. The Morgan fingerprint density at radius 3 is 2.80 bits per heavy atom. The molecule has 82 valence electrons. The Bertz CT molecular complexity index is 309. The molecule has 0 radical (unpaired) electrons. The summed E-state index contributed by atoms with van der Waals surface area (Å²) < 4.78 is 0. The van der Waals surface area contributed by atoms with Crippen LogP contribution in [0.25, 0.3) is 0 Å². The monoisotopic (exact) mass is 204 g/mol. The second kappa shape index (κ2) is 5.06. The minimum atomic E-state index is 0.603. The zero-order valence-electron chi connectivity index (χ0n) is 9.42. The summed E-state index contributed by atoms with van der Waals surface area (Å²) in [4.78, 5) is 0. The molecule has 0 aromatic heterocycles. The average molecular weight is 204 g/mol. The van der Waals surface area contributed by atoms with Gasteiger partial charge in [0.15, 0.2) is 0 Å². The van der Waals surface area contributed by atoms with Gasteiger partial charge in [-0.05, 0) is 18.6 Å². The lowest BCUT2D eigenvalue weighted by Gasteiger charge is -2.28. The van der Waals surface area contributed by atoms with Gasteiger partial charge in [-0.2, -0.15) is 0 Å². The third kappa shape index (κ3) is 2.65. The van der Waals surface area contributed by atoms with Crippen LogP contribution in [0.5, 0.6) is 0 Å². The first kappa shape index (κ1) is 10.3. The molecule has 0 aliphatic carbocycles. The van der Waals surface area contributed by atoms with Crippen LogP contribution in [-0.2, 0) is 0 Å². The van der Waals surface area contributed by atoms with E-state index in [9.17, 15) is 0 Å². The fourth-order valence-corrected chi connectivity index (χ4v) is 2.08. The van der Waals surface area contributed by atoms with Crippen molar-refractivity contribution in [2.24, 2.45) is 0 Å². The normalized spacial score (nSPS) is 18.9. The zero-order chi connectivity index (χ0) is 10.5. The van der Waals surface area contributed by atoms with Crippen LogP contribution < -0.4 is 10.6 Å². The van der Waals surface area contributed by atoms with Crippen LogP contribution in [0.15, 0.2) is 24.3 Å². The third-order valence-electron chi connectivity index (χ3n) is 2.98. The van der Waals surface area contributed by atoms with E-state index in [1.165, 1.54) is 37.1 Å². The van der Waals surface area contributed by atoms with Crippen molar-refractivity contribution in [2.75, 3.05) is 17.2 Å².